The van der Waals surface area contributed by atoms with Crippen molar-refractivity contribution in [3.63, 3.8) is 0 Å². The highest BCUT2D eigenvalue weighted by Crippen LogP contribution is 2.67. The van der Waals surface area contributed by atoms with Gasteiger partial charge >= 0.3 is 0 Å². The number of benzene rings is 1. The summed E-state index contributed by atoms with van der Waals surface area (Å²) in [7, 11) is 0. The molecule has 1 aliphatic heterocycles. The molecule has 1 N–H and O–H groups in total. The maximum absolute atomic E-state index is 11.9. The smallest absolute Gasteiger partial charge is 0.220 e. The van der Waals surface area contributed by atoms with Crippen LogP contribution in [0, 0.1) is 28.6 Å². The number of amides is 1. The molecule has 1 saturated heterocycles. The molecular weight excluding hydrogens is 318 g/mol. The number of nitrogens with one attached hydrogen (secondary N) is 1. The molecule has 0 aromatic heterocycles. The molecule has 1 heterocycles. The highest BCUT2D eigenvalue weighted by Gasteiger charge is 2.60. The molecule has 2 heteroatoms. The Hall–Kier alpha value is -1.31. The quantitative estimate of drug-likeness (QED) is 0.731. The maximum Gasteiger partial charge on any atom is 0.220 e. The van der Waals surface area contributed by atoms with E-state index in [4.69, 9.17) is 0 Å². The number of carbonyl (C=O) groups is 1. The van der Waals surface area contributed by atoms with Gasteiger partial charge in [-0.25, -0.2) is 0 Å². The van der Waals surface area contributed by atoms with E-state index in [0.717, 1.165) is 36.5 Å². The van der Waals surface area contributed by atoms with Crippen molar-refractivity contribution in [1.29, 1.82) is 0 Å². The molecule has 5 rings (SSSR count). The molecule has 3 saturated carbocycles. The first-order chi connectivity index (χ1) is 12.5. The maximum atomic E-state index is 11.9. The lowest BCUT2D eigenvalue weighted by Crippen LogP contribution is -2.60. The molecule has 4 aliphatic rings. The van der Waals surface area contributed by atoms with E-state index in [9.17, 15) is 4.79 Å². The molecule has 1 aromatic rings. The van der Waals surface area contributed by atoms with E-state index in [-0.39, 0.29) is 5.91 Å². The Balaban J connectivity index is 1.44. The van der Waals surface area contributed by atoms with Crippen LogP contribution in [-0.2, 0) is 4.79 Å². The predicted molar refractivity (Wildman–Crippen MR) is 105 cm³/mol. The van der Waals surface area contributed by atoms with Crippen molar-refractivity contribution in [3.8, 4) is 0 Å². The minimum atomic E-state index is 0.289. The summed E-state index contributed by atoms with van der Waals surface area (Å²) in [4.78, 5) is 11.9. The molecule has 1 aromatic carbocycles. The third-order valence-corrected chi connectivity index (χ3v) is 9.30. The van der Waals surface area contributed by atoms with Gasteiger partial charge in [-0.2, -0.15) is 0 Å². The van der Waals surface area contributed by atoms with Crippen molar-refractivity contribution in [3.05, 3.63) is 35.9 Å². The van der Waals surface area contributed by atoms with E-state index in [1.54, 1.807) is 5.56 Å². The lowest BCUT2D eigenvalue weighted by atomic mass is 9.47. The first kappa shape index (κ1) is 16.8. The Morgan fingerprint density at radius 2 is 1.65 bits per heavy atom. The first-order valence-electron chi connectivity index (χ1n) is 10.9. The van der Waals surface area contributed by atoms with Gasteiger partial charge in [0.2, 0.25) is 5.91 Å². The van der Waals surface area contributed by atoms with Crippen LogP contribution in [0.2, 0.25) is 0 Å². The minimum absolute atomic E-state index is 0.289. The van der Waals surface area contributed by atoms with E-state index in [2.05, 4.69) is 49.5 Å². The largest absolute Gasteiger partial charge is 0.353 e. The molecule has 4 fully saturated rings. The van der Waals surface area contributed by atoms with Gasteiger partial charge in [-0.1, -0.05) is 44.2 Å². The molecule has 0 spiro atoms. The Morgan fingerprint density at radius 1 is 0.885 bits per heavy atom. The number of rotatable bonds is 1. The first-order valence-corrected chi connectivity index (χ1v) is 10.9. The van der Waals surface area contributed by atoms with Gasteiger partial charge in [0.15, 0.2) is 0 Å². The molecule has 2 nitrogen and oxygen atoms in total. The molecule has 0 bridgehead atoms. The van der Waals surface area contributed by atoms with Crippen molar-refractivity contribution < 1.29 is 4.79 Å². The topological polar surface area (TPSA) is 29.1 Å². The second-order valence-electron chi connectivity index (χ2n) is 10.2. The molecular formula is C24H33NO. The van der Waals surface area contributed by atoms with Crippen molar-refractivity contribution in [2.24, 2.45) is 28.6 Å². The van der Waals surface area contributed by atoms with Crippen LogP contribution in [0.3, 0.4) is 0 Å². The Morgan fingerprint density at radius 3 is 2.46 bits per heavy atom. The number of hydrogen-bond donors (Lipinski definition) is 1. The van der Waals surface area contributed by atoms with Crippen LogP contribution in [0.5, 0.6) is 0 Å². The summed E-state index contributed by atoms with van der Waals surface area (Å²) in [5, 5.41) is 3.36. The summed E-state index contributed by atoms with van der Waals surface area (Å²) in [5.74, 6) is 3.60. The number of piperidine rings is 1. The van der Waals surface area contributed by atoms with Crippen LogP contribution in [-0.4, -0.2) is 11.9 Å². The van der Waals surface area contributed by atoms with Crippen LogP contribution in [0.15, 0.2) is 30.3 Å². The summed E-state index contributed by atoms with van der Waals surface area (Å²) in [6.07, 6.45) is 9.88. The summed E-state index contributed by atoms with van der Waals surface area (Å²) in [6, 6.07) is 11.7. The van der Waals surface area contributed by atoms with E-state index in [0.29, 0.717) is 16.9 Å². The van der Waals surface area contributed by atoms with E-state index in [1.165, 1.54) is 38.5 Å². The molecule has 140 valence electrons. The number of carbonyl (C=O) groups excluding carboxylic acids is 1. The summed E-state index contributed by atoms with van der Waals surface area (Å²) in [6.45, 7) is 5.11. The number of hydrogen-bond acceptors (Lipinski definition) is 1. The van der Waals surface area contributed by atoms with E-state index < -0.39 is 0 Å². The fourth-order valence-corrected chi connectivity index (χ4v) is 7.94. The monoisotopic (exact) mass is 351 g/mol. The average molecular weight is 352 g/mol. The molecule has 2 unspecified atom stereocenters. The van der Waals surface area contributed by atoms with Crippen molar-refractivity contribution in [1.82, 2.24) is 5.32 Å². The van der Waals surface area contributed by atoms with Gasteiger partial charge in [-0.05, 0) is 85.0 Å². The van der Waals surface area contributed by atoms with Crippen LogP contribution in [0.1, 0.15) is 76.7 Å². The fourth-order valence-electron chi connectivity index (χ4n) is 7.94. The van der Waals surface area contributed by atoms with Crippen molar-refractivity contribution >= 4 is 5.91 Å². The van der Waals surface area contributed by atoms with Crippen LogP contribution in [0.4, 0.5) is 0 Å². The van der Waals surface area contributed by atoms with Gasteiger partial charge < -0.3 is 5.32 Å². The van der Waals surface area contributed by atoms with Gasteiger partial charge in [0.25, 0.3) is 0 Å². The molecule has 3 aliphatic carbocycles. The molecule has 0 radical (unpaired) electrons. The standard InChI is InChI=1S/C24H33NO/c1-23-14-12-20-17(8-11-21-24(20,2)15-13-22(26)25-21)19(23)10-9-18(23)16-6-4-3-5-7-16/h3-7,17-21H,8-15H2,1-2H3,(H,25,26)/t17-,18?,19-,20+,21?,23+,24+/m0/s1. The molecule has 7 atom stereocenters. The normalized spacial score (nSPS) is 47.5. The van der Waals surface area contributed by atoms with Crippen molar-refractivity contribution in [2.45, 2.75) is 77.2 Å². The Bertz CT molecular complexity index is 699. The highest BCUT2D eigenvalue weighted by molar-refractivity contribution is 5.77. The van der Waals surface area contributed by atoms with Crippen LogP contribution >= 0.6 is 0 Å². The zero-order valence-corrected chi connectivity index (χ0v) is 16.3. The van der Waals surface area contributed by atoms with Gasteiger partial charge in [0.05, 0.1) is 0 Å². The van der Waals surface area contributed by atoms with E-state index >= 15 is 0 Å². The Labute approximate surface area is 158 Å². The lowest BCUT2D eigenvalue weighted by Gasteiger charge is -2.60. The van der Waals surface area contributed by atoms with Gasteiger partial charge in [-0.15, -0.1) is 0 Å². The average Bonchev–Trinajstić information content (AvgIpc) is 3.00. The SMILES string of the molecule is C[C@]12CCC(=O)NC1CC[C@@H]1[C@H]2CC[C@]2(C)C(c3ccccc3)CC[C@@H]12. The zero-order valence-electron chi connectivity index (χ0n) is 16.3. The number of fused-ring (bicyclic) bond motifs is 5. The van der Waals surface area contributed by atoms with Gasteiger partial charge in [0, 0.05) is 12.5 Å². The predicted octanol–water partition coefficient (Wildman–Crippen LogP) is 5.29. The second kappa shape index (κ2) is 5.84. The third kappa shape index (κ3) is 2.26. The second-order valence-corrected chi connectivity index (χ2v) is 10.2. The van der Waals surface area contributed by atoms with Gasteiger partial charge in [-0.3, -0.25) is 4.79 Å². The zero-order chi connectivity index (χ0) is 17.9. The fraction of sp³-hybridized carbons (Fsp3) is 0.708. The third-order valence-electron chi connectivity index (χ3n) is 9.30. The van der Waals surface area contributed by atoms with Crippen LogP contribution in [0.25, 0.3) is 0 Å². The van der Waals surface area contributed by atoms with Crippen LogP contribution < -0.4 is 5.32 Å². The highest BCUT2D eigenvalue weighted by atomic mass is 16.1. The van der Waals surface area contributed by atoms with E-state index in [1.807, 2.05) is 0 Å². The Kier molecular flexibility index (Phi) is 3.78. The summed E-state index contributed by atoms with van der Waals surface area (Å²) in [5.41, 5.74) is 2.38. The summed E-state index contributed by atoms with van der Waals surface area (Å²) < 4.78 is 0. The summed E-state index contributed by atoms with van der Waals surface area (Å²) >= 11 is 0. The minimum Gasteiger partial charge on any atom is -0.353 e. The molecule has 26 heavy (non-hydrogen) atoms. The molecule has 1 amide bonds. The van der Waals surface area contributed by atoms with Gasteiger partial charge in [0.1, 0.15) is 0 Å². The van der Waals surface area contributed by atoms with Crippen molar-refractivity contribution in [2.75, 3.05) is 0 Å². The lowest BCUT2D eigenvalue weighted by molar-refractivity contribution is -0.136.